The van der Waals surface area contributed by atoms with Crippen molar-refractivity contribution in [3.05, 3.63) is 57.8 Å². The zero-order valence-electron chi connectivity index (χ0n) is 15.0. The van der Waals surface area contributed by atoms with Crippen molar-refractivity contribution in [2.24, 2.45) is 11.3 Å². The van der Waals surface area contributed by atoms with Gasteiger partial charge in [0.1, 0.15) is 0 Å². The third kappa shape index (κ3) is 3.54. The van der Waals surface area contributed by atoms with E-state index in [0.29, 0.717) is 13.0 Å². The molecule has 2 atom stereocenters. The number of aryl methyl sites for hydroxylation is 1. The van der Waals surface area contributed by atoms with Gasteiger partial charge in [-0.05, 0) is 36.8 Å². The van der Waals surface area contributed by atoms with Crippen LogP contribution in [0.25, 0.3) is 0 Å². The molecule has 0 radical (unpaired) electrons. The van der Waals surface area contributed by atoms with Crippen molar-refractivity contribution in [1.29, 1.82) is 0 Å². The number of likely N-dealkylation sites (tertiary alicyclic amines) is 1. The molecular weight excluding hydrogens is 344 g/mol. The molecule has 1 aromatic carbocycles. The highest BCUT2D eigenvalue weighted by Crippen LogP contribution is 2.58. The van der Waals surface area contributed by atoms with Gasteiger partial charge in [-0.1, -0.05) is 35.9 Å². The number of carbonyl (C=O) groups is 2. The Labute approximate surface area is 158 Å². The summed E-state index contributed by atoms with van der Waals surface area (Å²) < 4.78 is 0. The molecule has 1 aliphatic carbocycles. The van der Waals surface area contributed by atoms with E-state index >= 15 is 0 Å². The largest absolute Gasteiger partial charge is 0.351 e. The van der Waals surface area contributed by atoms with Gasteiger partial charge in [0.05, 0.1) is 13.0 Å². The van der Waals surface area contributed by atoms with Crippen molar-refractivity contribution in [2.45, 2.75) is 32.7 Å². The number of rotatable bonds is 5. The molecular formula is C21H24N2O2S. The first-order valence-corrected chi connectivity index (χ1v) is 10.1. The van der Waals surface area contributed by atoms with E-state index in [1.807, 2.05) is 53.6 Å². The van der Waals surface area contributed by atoms with E-state index < -0.39 is 0 Å². The summed E-state index contributed by atoms with van der Waals surface area (Å²) >= 11 is 1.66. The smallest absolute Gasteiger partial charge is 0.227 e. The van der Waals surface area contributed by atoms with Crippen LogP contribution < -0.4 is 5.32 Å². The highest BCUT2D eigenvalue weighted by molar-refractivity contribution is 7.09. The lowest BCUT2D eigenvalue weighted by molar-refractivity contribution is -0.130. The van der Waals surface area contributed by atoms with Crippen LogP contribution in [0.15, 0.2) is 41.8 Å². The quantitative estimate of drug-likeness (QED) is 0.881. The summed E-state index contributed by atoms with van der Waals surface area (Å²) in [5.41, 5.74) is 2.29. The predicted molar refractivity (Wildman–Crippen MR) is 103 cm³/mol. The second-order valence-corrected chi connectivity index (χ2v) is 8.68. The lowest BCUT2D eigenvalue weighted by Gasteiger charge is -2.17. The first-order chi connectivity index (χ1) is 12.6. The Morgan fingerprint density at radius 2 is 2.08 bits per heavy atom. The van der Waals surface area contributed by atoms with Crippen molar-refractivity contribution in [3.63, 3.8) is 0 Å². The number of hydrogen-bond donors (Lipinski definition) is 1. The summed E-state index contributed by atoms with van der Waals surface area (Å²) in [6, 6.07) is 12.2. The van der Waals surface area contributed by atoms with E-state index in [4.69, 9.17) is 0 Å². The van der Waals surface area contributed by atoms with Crippen molar-refractivity contribution in [1.82, 2.24) is 10.2 Å². The maximum absolute atomic E-state index is 12.6. The third-order valence-corrected chi connectivity index (χ3v) is 6.61. The van der Waals surface area contributed by atoms with Gasteiger partial charge < -0.3 is 10.2 Å². The second kappa shape index (κ2) is 6.88. The number of benzene rings is 1. The van der Waals surface area contributed by atoms with Crippen LogP contribution in [0.5, 0.6) is 0 Å². The maximum atomic E-state index is 12.6. The average molecular weight is 369 g/mol. The zero-order chi connectivity index (χ0) is 18.1. The Morgan fingerprint density at radius 3 is 2.81 bits per heavy atom. The normalized spacial score (nSPS) is 24.0. The van der Waals surface area contributed by atoms with E-state index in [1.165, 1.54) is 10.4 Å². The standard InChI is InChI=1S/C21H24N2O2S/c1-15-4-6-16(7-5-15)11-19(24)23-9-8-21(14-23)12-18(21)20(25)22-13-17-3-2-10-26-17/h2-7,10,18H,8-9,11-14H2,1H3,(H,22,25)/t18-,21-/m1/s1. The Balaban J connectivity index is 1.29. The summed E-state index contributed by atoms with van der Waals surface area (Å²) in [5, 5.41) is 5.08. The lowest BCUT2D eigenvalue weighted by Crippen LogP contribution is -2.32. The number of carbonyl (C=O) groups excluding carboxylic acids is 2. The van der Waals surface area contributed by atoms with Gasteiger partial charge in [-0.2, -0.15) is 0 Å². The molecule has 4 nitrogen and oxygen atoms in total. The van der Waals surface area contributed by atoms with Gasteiger partial charge in [-0.3, -0.25) is 9.59 Å². The van der Waals surface area contributed by atoms with E-state index in [0.717, 1.165) is 31.5 Å². The van der Waals surface area contributed by atoms with Crippen LogP contribution in [0, 0.1) is 18.3 Å². The van der Waals surface area contributed by atoms with Crippen molar-refractivity contribution < 1.29 is 9.59 Å². The molecule has 2 heterocycles. The molecule has 2 aromatic rings. The fraction of sp³-hybridized carbons (Fsp3) is 0.429. The molecule has 1 aromatic heterocycles. The van der Waals surface area contributed by atoms with Crippen LogP contribution >= 0.6 is 11.3 Å². The molecule has 1 aliphatic heterocycles. The van der Waals surface area contributed by atoms with Gasteiger partial charge in [0.15, 0.2) is 0 Å². The predicted octanol–water partition coefficient (Wildman–Crippen LogP) is 3.15. The molecule has 1 spiro atoms. The fourth-order valence-corrected chi connectivity index (χ4v) is 4.63. The van der Waals surface area contributed by atoms with Gasteiger partial charge in [0.25, 0.3) is 0 Å². The van der Waals surface area contributed by atoms with Gasteiger partial charge in [-0.25, -0.2) is 0 Å². The van der Waals surface area contributed by atoms with Crippen molar-refractivity contribution >= 4 is 23.2 Å². The number of hydrogen-bond acceptors (Lipinski definition) is 3. The van der Waals surface area contributed by atoms with Crippen molar-refractivity contribution in [2.75, 3.05) is 13.1 Å². The fourth-order valence-electron chi connectivity index (χ4n) is 3.98. The van der Waals surface area contributed by atoms with E-state index in [1.54, 1.807) is 11.3 Å². The summed E-state index contributed by atoms with van der Waals surface area (Å²) in [4.78, 5) is 28.2. The van der Waals surface area contributed by atoms with Crippen LogP contribution in [0.3, 0.4) is 0 Å². The topological polar surface area (TPSA) is 49.4 Å². The highest BCUT2D eigenvalue weighted by atomic mass is 32.1. The van der Waals surface area contributed by atoms with Crippen LogP contribution in [0.4, 0.5) is 0 Å². The Hall–Kier alpha value is -2.14. The van der Waals surface area contributed by atoms with Crippen LogP contribution in [0.2, 0.25) is 0 Å². The van der Waals surface area contributed by atoms with E-state index in [9.17, 15) is 9.59 Å². The molecule has 136 valence electrons. The molecule has 0 unspecified atom stereocenters. The Morgan fingerprint density at radius 1 is 1.27 bits per heavy atom. The number of nitrogens with one attached hydrogen (secondary N) is 1. The minimum absolute atomic E-state index is 0.0302. The van der Waals surface area contributed by atoms with E-state index in [2.05, 4.69) is 5.32 Å². The van der Waals surface area contributed by atoms with Crippen LogP contribution in [-0.2, 0) is 22.6 Å². The summed E-state index contributed by atoms with van der Waals surface area (Å²) in [6.45, 7) is 4.17. The molecule has 2 amide bonds. The number of amides is 2. The SMILES string of the molecule is Cc1ccc(CC(=O)N2CC[C@@]3(C[C@@H]3C(=O)NCc3cccs3)C2)cc1. The molecule has 5 heteroatoms. The monoisotopic (exact) mass is 368 g/mol. The molecule has 4 rings (SSSR count). The molecule has 2 fully saturated rings. The molecule has 2 aliphatic rings. The van der Waals surface area contributed by atoms with Crippen LogP contribution in [-0.4, -0.2) is 29.8 Å². The third-order valence-electron chi connectivity index (χ3n) is 5.74. The lowest BCUT2D eigenvalue weighted by atomic mass is 10.0. The Kier molecular flexibility index (Phi) is 4.57. The average Bonchev–Trinajstić information content (AvgIpc) is 2.99. The minimum atomic E-state index is 0.0302. The zero-order valence-corrected chi connectivity index (χ0v) is 15.8. The maximum Gasteiger partial charge on any atom is 0.227 e. The first-order valence-electron chi connectivity index (χ1n) is 9.19. The molecule has 1 N–H and O–H groups in total. The Bertz CT molecular complexity index is 800. The first kappa shape index (κ1) is 17.3. The summed E-state index contributed by atoms with van der Waals surface area (Å²) in [7, 11) is 0. The molecule has 1 saturated carbocycles. The van der Waals surface area contributed by atoms with Gasteiger partial charge in [0, 0.05) is 29.3 Å². The molecule has 26 heavy (non-hydrogen) atoms. The van der Waals surface area contributed by atoms with Crippen LogP contribution in [0.1, 0.15) is 28.8 Å². The molecule has 0 bridgehead atoms. The molecule has 1 saturated heterocycles. The van der Waals surface area contributed by atoms with Gasteiger partial charge in [0.2, 0.25) is 11.8 Å². The minimum Gasteiger partial charge on any atom is -0.351 e. The van der Waals surface area contributed by atoms with Crippen molar-refractivity contribution in [3.8, 4) is 0 Å². The highest BCUT2D eigenvalue weighted by Gasteiger charge is 2.61. The van der Waals surface area contributed by atoms with Gasteiger partial charge in [-0.15, -0.1) is 11.3 Å². The number of thiophene rings is 1. The second-order valence-electron chi connectivity index (χ2n) is 7.64. The summed E-state index contributed by atoms with van der Waals surface area (Å²) in [6.07, 6.45) is 2.31. The van der Waals surface area contributed by atoms with E-state index in [-0.39, 0.29) is 23.1 Å². The van der Waals surface area contributed by atoms with Gasteiger partial charge >= 0.3 is 0 Å². The summed E-state index contributed by atoms with van der Waals surface area (Å²) in [5.74, 6) is 0.390. The number of nitrogens with zero attached hydrogens (tertiary/aromatic N) is 1.